The molecule has 0 saturated carbocycles. The van der Waals surface area contributed by atoms with Crippen LogP contribution in [0.5, 0.6) is 5.75 Å². The highest BCUT2D eigenvalue weighted by atomic mass is 28.4. The molecule has 0 aliphatic carbocycles. The number of hydrogen-bond donors (Lipinski definition) is 1. The molecule has 2 aromatic carbocycles. The van der Waals surface area contributed by atoms with Crippen molar-refractivity contribution in [2.45, 2.75) is 82.5 Å². The molecular weight excluding hydrogens is 593 g/mol. The van der Waals surface area contributed by atoms with Crippen molar-refractivity contribution >= 4 is 31.6 Å². The highest BCUT2D eigenvalue weighted by molar-refractivity contribution is 6.72. The van der Waals surface area contributed by atoms with Crippen LogP contribution in [-0.4, -0.2) is 66.7 Å². The average molecular weight is 636 g/mol. The molecule has 4 heterocycles. The number of benzene rings is 2. The summed E-state index contributed by atoms with van der Waals surface area (Å²) in [4.78, 5) is 30.7. The molecule has 4 atom stereocenters. The van der Waals surface area contributed by atoms with Crippen molar-refractivity contribution in [1.82, 2.24) is 15.0 Å². The topological polar surface area (TPSA) is 110 Å². The number of aliphatic hydroxyl groups excluding tert-OH is 1. The third-order valence-electron chi connectivity index (χ3n) is 9.68. The van der Waals surface area contributed by atoms with Crippen molar-refractivity contribution in [2.75, 3.05) is 30.1 Å². The average Bonchev–Trinajstić information content (AvgIpc) is 3.66. The Morgan fingerprint density at radius 1 is 1.16 bits per heavy atom. The van der Waals surface area contributed by atoms with Crippen LogP contribution in [0.25, 0.3) is 0 Å². The first kappa shape index (κ1) is 31.4. The highest BCUT2D eigenvalue weighted by Gasteiger charge is 2.66. The number of hydrogen-bond acceptors (Lipinski definition) is 7. The molecule has 3 aliphatic rings. The van der Waals surface area contributed by atoms with Gasteiger partial charge in [0.1, 0.15) is 5.75 Å². The summed E-state index contributed by atoms with van der Waals surface area (Å²) in [6.07, 6.45) is 4.62. The van der Waals surface area contributed by atoms with E-state index in [9.17, 15) is 14.7 Å². The van der Waals surface area contributed by atoms with E-state index in [4.69, 9.17) is 9.47 Å². The van der Waals surface area contributed by atoms with Gasteiger partial charge in [-0.3, -0.25) is 14.3 Å². The minimum absolute atomic E-state index is 0.0159. The Bertz CT molecular complexity index is 1560. The zero-order valence-electron chi connectivity index (χ0n) is 26.4. The van der Waals surface area contributed by atoms with Crippen LogP contribution >= 0.6 is 0 Å². The lowest BCUT2D eigenvalue weighted by Crippen LogP contribution is -2.45. The Hall–Kier alpha value is -3.61. The molecule has 6 rings (SSSR count). The molecule has 0 unspecified atom stereocenters. The molecule has 12 heteroatoms. The van der Waals surface area contributed by atoms with Gasteiger partial charge in [-0.25, -0.2) is 0 Å². The van der Waals surface area contributed by atoms with Gasteiger partial charge >= 0.3 is 0 Å². The number of ether oxygens (including phenoxy) is 2. The van der Waals surface area contributed by atoms with Crippen LogP contribution in [0, 0.1) is 5.92 Å². The number of amides is 2. The van der Waals surface area contributed by atoms with E-state index >= 15 is 4.11 Å². The summed E-state index contributed by atoms with van der Waals surface area (Å²) in [5.41, 5.74) is 2.09. The molecule has 1 spiro atoms. The van der Waals surface area contributed by atoms with Gasteiger partial charge < -0.3 is 28.5 Å². The van der Waals surface area contributed by atoms with E-state index in [2.05, 4.69) is 10.3 Å². The first-order valence-corrected chi connectivity index (χ1v) is 18.8. The number of rotatable bonds is 10. The Morgan fingerprint density at radius 3 is 2.62 bits per heavy atom. The second-order valence-corrected chi connectivity index (χ2v) is 16.7. The quantitative estimate of drug-likeness (QED) is 0.253. The first-order chi connectivity index (χ1) is 21.6. The molecule has 2 fully saturated rings. The highest BCUT2D eigenvalue weighted by Crippen LogP contribution is 2.60. The number of anilines is 2. The normalized spacial score (nSPS) is 25.0. The number of aliphatic hydroxyl groups is 1. The number of nitrogens with zero attached hydrogens (tertiary/aromatic N) is 5. The van der Waals surface area contributed by atoms with Gasteiger partial charge in [0, 0.05) is 61.4 Å². The molecule has 1 N–H and O–H groups in total. The third-order valence-corrected chi connectivity index (χ3v) is 12.1. The number of halogens is 1. The van der Waals surface area contributed by atoms with Crippen LogP contribution in [0.1, 0.15) is 49.4 Å². The number of fused-ring (bicyclic) bond motifs is 2. The molecular formula is C33H42FN5O5Si. The molecule has 0 radical (unpaired) electrons. The van der Waals surface area contributed by atoms with Crippen LogP contribution in [0.2, 0.25) is 18.6 Å². The Morgan fingerprint density at radius 2 is 1.93 bits per heavy atom. The second-order valence-electron chi connectivity index (χ2n) is 12.9. The second kappa shape index (κ2) is 12.3. The van der Waals surface area contributed by atoms with Crippen LogP contribution in [0.3, 0.4) is 0 Å². The van der Waals surface area contributed by atoms with Gasteiger partial charge in [-0.15, -0.1) is 5.10 Å². The molecule has 2 saturated heterocycles. The van der Waals surface area contributed by atoms with Crippen molar-refractivity contribution < 1.29 is 28.3 Å². The monoisotopic (exact) mass is 635 g/mol. The summed E-state index contributed by atoms with van der Waals surface area (Å²) in [6.45, 7) is 6.78. The van der Waals surface area contributed by atoms with E-state index in [0.717, 1.165) is 29.8 Å². The molecule has 240 valence electrons. The summed E-state index contributed by atoms with van der Waals surface area (Å²) in [7, 11) is -1.74. The fraction of sp³-hybridized carbons (Fsp3) is 0.515. The predicted octanol–water partition coefficient (Wildman–Crippen LogP) is 4.75. The van der Waals surface area contributed by atoms with Crippen LogP contribution in [0.4, 0.5) is 15.5 Å². The summed E-state index contributed by atoms with van der Waals surface area (Å²) >= 11 is 0. The Labute approximate surface area is 264 Å². The van der Waals surface area contributed by atoms with E-state index in [-0.39, 0.29) is 18.4 Å². The van der Waals surface area contributed by atoms with Crippen LogP contribution < -0.4 is 14.5 Å². The van der Waals surface area contributed by atoms with Crippen LogP contribution in [-0.2, 0) is 39.4 Å². The minimum atomic E-state index is -3.32. The van der Waals surface area contributed by atoms with Crippen molar-refractivity contribution in [3.05, 3.63) is 65.5 Å². The molecule has 2 amide bonds. The lowest BCUT2D eigenvalue weighted by atomic mass is 9.82. The van der Waals surface area contributed by atoms with E-state index < -0.39 is 31.6 Å². The predicted molar refractivity (Wildman–Crippen MR) is 170 cm³/mol. The Kier molecular flexibility index (Phi) is 8.57. The molecule has 0 bridgehead atoms. The molecule has 3 aromatic rings. The maximum Gasteiger partial charge on any atom is 0.264 e. The van der Waals surface area contributed by atoms with E-state index in [1.165, 1.54) is 0 Å². The number of carbonyl (C=O) groups is 2. The zero-order valence-corrected chi connectivity index (χ0v) is 27.4. The zero-order chi connectivity index (χ0) is 31.9. The molecule has 45 heavy (non-hydrogen) atoms. The lowest BCUT2D eigenvalue weighted by molar-refractivity contribution is -0.146. The first-order valence-electron chi connectivity index (χ1n) is 15.8. The Balaban J connectivity index is 1.31. The lowest BCUT2D eigenvalue weighted by Gasteiger charge is -2.31. The van der Waals surface area contributed by atoms with Gasteiger partial charge in [0.25, 0.3) is 5.91 Å². The maximum atomic E-state index is 16.2. The maximum absolute atomic E-state index is 16.2. The van der Waals surface area contributed by atoms with Crippen molar-refractivity contribution in [2.24, 2.45) is 5.92 Å². The van der Waals surface area contributed by atoms with E-state index in [1.54, 1.807) is 36.0 Å². The number of carbonyl (C=O) groups excluding carboxylic acids is 2. The molecule has 1 aromatic heterocycles. The standard InChI is InChI=1S/C33H42FN5O5Si/c1-22-31(45(3,4)34)29(14-17-37-21-24(15-18-40)35-36-37)44-33(22)27-19-26(43-2)12-13-28(27)39(32(33)42)20-23-8-10-25(11-9-23)38-16-6-5-7-30(38)41/h8-13,19,21-22,29,31,40H,5-7,14-18,20H2,1-4H3/t22-,29+,31-,33+/m0/s1. The molecule has 10 nitrogen and oxygen atoms in total. The van der Waals surface area contributed by atoms with Gasteiger partial charge in [0.2, 0.25) is 14.3 Å². The third kappa shape index (κ3) is 5.68. The molecule has 3 aliphatic heterocycles. The number of aryl methyl sites for hydroxylation is 1. The smallest absolute Gasteiger partial charge is 0.264 e. The van der Waals surface area contributed by atoms with E-state index in [1.807, 2.05) is 54.3 Å². The van der Waals surface area contributed by atoms with Gasteiger partial charge in [-0.05, 0) is 68.3 Å². The van der Waals surface area contributed by atoms with Crippen molar-refractivity contribution in [3.63, 3.8) is 0 Å². The SMILES string of the molecule is COc1ccc2c(c1)[C@@]1(O[C@H](CCn3cc(CCO)nn3)[C@@H]([Si](C)(C)F)[C@@H]1C)C(=O)N2Cc1ccc(N2CCCCC2=O)cc1. The largest absolute Gasteiger partial charge is 0.497 e. The van der Waals surface area contributed by atoms with Gasteiger partial charge in [0.05, 0.1) is 31.1 Å². The fourth-order valence-corrected chi connectivity index (χ4v) is 10.1. The fourth-order valence-electron chi connectivity index (χ4n) is 7.56. The summed E-state index contributed by atoms with van der Waals surface area (Å²) in [5.74, 6) is 0.111. The van der Waals surface area contributed by atoms with Gasteiger partial charge in [0.15, 0.2) is 5.60 Å². The number of piperidine rings is 1. The summed E-state index contributed by atoms with van der Waals surface area (Å²) in [5, 5.41) is 17.5. The van der Waals surface area contributed by atoms with Crippen molar-refractivity contribution in [3.8, 4) is 5.75 Å². The minimum Gasteiger partial charge on any atom is -0.497 e. The summed E-state index contributed by atoms with van der Waals surface area (Å²) in [6, 6.07) is 13.4. The van der Waals surface area contributed by atoms with Crippen LogP contribution in [0.15, 0.2) is 48.7 Å². The van der Waals surface area contributed by atoms with E-state index in [0.29, 0.717) is 55.9 Å². The van der Waals surface area contributed by atoms with Gasteiger partial charge in [-0.2, -0.15) is 0 Å². The number of aromatic nitrogens is 3. The summed E-state index contributed by atoms with van der Waals surface area (Å²) < 4.78 is 30.3. The van der Waals surface area contributed by atoms with Crippen molar-refractivity contribution in [1.29, 1.82) is 0 Å². The van der Waals surface area contributed by atoms with Gasteiger partial charge in [-0.1, -0.05) is 24.3 Å². The number of methoxy groups -OCH3 is 1.